The van der Waals surface area contributed by atoms with Gasteiger partial charge in [0.05, 0.1) is 13.1 Å². The molecular weight excluding hydrogens is 218 g/mol. The number of hydrogen-bond donors (Lipinski definition) is 1. The van der Waals surface area contributed by atoms with Crippen LogP contribution in [0.3, 0.4) is 0 Å². The molecule has 0 unspecified atom stereocenters. The van der Waals surface area contributed by atoms with Gasteiger partial charge in [-0.25, -0.2) is 9.67 Å². The Hall–Kier alpha value is -1.76. The number of aryl methyl sites for hydroxylation is 1. The molecule has 0 spiro atoms. The predicted molar refractivity (Wildman–Crippen MR) is 62.1 cm³/mol. The highest BCUT2D eigenvalue weighted by molar-refractivity contribution is 4.95. The van der Waals surface area contributed by atoms with Crippen molar-refractivity contribution in [2.75, 3.05) is 6.54 Å². The van der Waals surface area contributed by atoms with E-state index in [2.05, 4.69) is 32.6 Å². The zero-order valence-electron chi connectivity index (χ0n) is 10.2. The Morgan fingerprint density at radius 1 is 1.41 bits per heavy atom. The van der Waals surface area contributed by atoms with Crippen molar-refractivity contribution in [1.82, 2.24) is 35.1 Å². The largest absolute Gasteiger partial charge is 0.310 e. The van der Waals surface area contributed by atoms with E-state index in [-0.39, 0.29) is 0 Å². The average Bonchev–Trinajstić information content (AvgIpc) is 2.90. The summed E-state index contributed by atoms with van der Waals surface area (Å²) in [6.07, 6.45) is 4.56. The molecule has 2 heterocycles. The van der Waals surface area contributed by atoms with Crippen molar-refractivity contribution in [3.8, 4) is 0 Å². The molecule has 0 fully saturated rings. The lowest BCUT2D eigenvalue weighted by atomic mass is 10.4. The third-order valence-electron chi connectivity index (χ3n) is 2.37. The fourth-order valence-electron chi connectivity index (χ4n) is 1.56. The van der Waals surface area contributed by atoms with E-state index < -0.39 is 0 Å². The molecule has 2 rings (SSSR count). The highest BCUT2D eigenvalue weighted by atomic mass is 15.4. The molecule has 0 aliphatic heterocycles. The quantitative estimate of drug-likeness (QED) is 0.711. The molecule has 0 aliphatic rings. The van der Waals surface area contributed by atoms with Gasteiger partial charge in [-0.05, 0) is 13.0 Å². The molecule has 0 bridgehead atoms. The van der Waals surface area contributed by atoms with Crippen molar-refractivity contribution < 1.29 is 0 Å². The van der Waals surface area contributed by atoms with E-state index in [0.717, 1.165) is 31.0 Å². The van der Waals surface area contributed by atoms with E-state index in [0.29, 0.717) is 6.54 Å². The van der Waals surface area contributed by atoms with Crippen LogP contribution in [0.4, 0.5) is 0 Å². The van der Waals surface area contributed by atoms with Crippen LogP contribution >= 0.6 is 0 Å². The summed E-state index contributed by atoms with van der Waals surface area (Å²) in [4.78, 5) is 4.23. The van der Waals surface area contributed by atoms with Crippen molar-refractivity contribution >= 4 is 0 Å². The summed E-state index contributed by atoms with van der Waals surface area (Å²) in [5, 5.41) is 15.4. The standard InChI is InChI=1S/C10H17N7/c1-3-4-11-5-10-12-8-13-17(10)7-9-6-16(2)15-14-9/h6,8,11H,3-5,7H2,1-2H3. The first kappa shape index (κ1) is 11.7. The van der Waals surface area contributed by atoms with Crippen LogP contribution in [0.2, 0.25) is 0 Å². The summed E-state index contributed by atoms with van der Waals surface area (Å²) in [5.74, 6) is 0.920. The molecule has 2 aromatic rings. The van der Waals surface area contributed by atoms with Crippen LogP contribution in [0.25, 0.3) is 0 Å². The Morgan fingerprint density at radius 2 is 2.29 bits per heavy atom. The van der Waals surface area contributed by atoms with Gasteiger partial charge < -0.3 is 5.32 Å². The lowest BCUT2D eigenvalue weighted by molar-refractivity contribution is 0.577. The second-order valence-electron chi connectivity index (χ2n) is 3.89. The van der Waals surface area contributed by atoms with Crippen LogP contribution in [0.1, 0.15) is 24.9 Å². The first-order chi connectivity index (χ1) is 8.29. The first-order valence-corrected chi connectivity index (χ1v) is 5.72. The molecule has 17 heavy (non-hydrogen) atoms. The summed E-state index contributed by atoms with van der Waals surface area (Å²) < 4.78 is 3.52. The van der Waals surface area contributed by atoms with Gasteiger partial charge in [-0.3, -0.25) is 4.68 Å². The van der Waals surface area contributed by atoms with Crippen LogP contribution in [0.15, 0.2) is 12.5 Å². The van der Waals surface area contributed by atoms with Gasteiger partial charge in [-0.2, -0.15) is 5.10 Å². The number of nitrogens with zero attached hydrogens (tertiary/aromatic N) is 6. The molecule has 0 amide bonds. The van der Waals surface area contributed by atoms with Gasteiger partial charge >= 0.3 is 0 Å². The lowest BCUT2D eigenvalue weighted by Gasteiger charge is -2.04. The molecule has 7 heteroatoms. The van der Waals surface area contributed by atoms with E-state index in [1.165, 1.54) is 0 Å². The normalized spacial score (nSPS) is 10.9. The maximum Gasteiger partial charge on any atom is 0.141 e. The van der Waals surface area contributed by atoms with Gasteiger partial charge in [0, 0.05) is 13.2 Å². The van der Waals surface area contributed by atoms with E-state index in [4.69, 9.17) is 0 Å². The summed E-state index contributed by atoms with van der Waals surface area (Å²) in [5.41, 5.74) is 0.884. The number of aromatic nitrogens is 6. The summed E-state index contributed by atoms with van der Waals surface area (Å²) in [6, 6.07) is 0. The summed E-state index contributed by atoms with van der Waals surface area (Å²) in [7, 11) is 1.85. The van der Waals surface area contributed by atoms with Gasteiger partial charge in [0.2, 0.25) is 0 Å². The van der Waals surface area contributed by atoms with Crippen LogP contribution in [0, 0.1) is 0 Å². The monoisotopic (exact) mass is 235 g/mol. The zero-order valence-corrected chi connectivity index (χ0v) is 10.2. The number of rotatable bonds is 6. The Bertz CT molecular complexity index is 459. The van der Waals surface area contributed by atoms with E-state index in [1.54, 1.807) is 11.0 Å². The van der Waals surface area contributed by atoms with Crippen LogP contribution in [-0.2, 0) is 20.1 Å². The smallest absolute Gasteiger partial charge is 0.141 e. The third kappa shape index (κ3) is 3.10. The first-order valence-electron chi connectivity index (χ1n) is 5.72. The molecule has 0 saturated carbocycles. The van der Waals surface area contributed by atoms with Crippen molar-refractivity contribution in [2.24, 2.45) is 7.05 Å². The predicted octanol–water partition coefficient (Wildman–Crippen LogP) is -0.0455. The molecular formula is C10H17N7. The lowest BCUT2D eigenvalue weighted by Crippen LogP contribution is -2.18. The number of hydrogen-bond acceptors (Lipinski definition) is 5. The molecule has 7 nitrogen and oxygen atoms in total. The number of nitrogens with one attached hydrogen (secondary N) is 1. The molecule has 0 aliphatic carbocycles. The topological polar surface area (TPSA) is 73.5 Å². The molecule has 92 valence electrons. The van der Waals surface area contributed by atoms with E-state index in [9.17, 15) is 0 Å². The molecule has 2 aromatic heterocycles. The third-order valence-corrected chi connectivity index (χ3v) is 2.37. The second-order valence-corrected chi connectivity index (χ2v) is 3.89. The minimum Gasteiger partial charge on any atom is -0.310 e. The van der Waals surface area contributed by atoms with Gasteiger partial charge in [0.1, 0.15) is 17.8 Å². The fraction of sp³-hybridized carbons (Fsp3) is 0.600. The summed E-state index contributed by atoms with van der Waals surface area (Å²) in [6.45, 7) is 4.46. The van der Waals surface area contributed by atoms with Gasteiger partial charge in [0.25, 0.3) is 0 Å². The van der Waals surface area contributed by atoms with Crippen LogP contribution < -0.4 is 5.32 Å². The van der Waals surface area contributed by atoms with E-state index >= 15 is 0 Å². The molecule has 0 radical (unpaired) electrons. The van der Waals surface area contributed by atoms with Crippen LogP contribution in [0.5, 0.6) is 0 Å². The Balaban J connectivity index is 1.98. The van der Waals surface area contributed by atoms with Crippen molar-refractivity contribution in [3.05, 3.63) is 24.0 Å². The highest BCUT2D eigenvalue weighted by Gasteiger charge is 2.06. The Kier molecular flexibility index (Phi) is 3.81. The van der Waals surface area contributed by atoms with Crippen molar-refractivity contribution in [1.29, 1.82) is 0 Å². The minimum absolute atomic E-state index is 0.608. The van der Waals surface area contributed by atoms with Gasteiger partial charge in [0.15, 0.2) is 0 Å². The molecule has 1 N–H and O–H groups in total. The fourth-order valence-corrected chi connectivity index (χ4v) is 1.56. The Morgan fingerprint density at radius 3 is 3.00 bits per heavy atom. The minimum atomic E-state index is 0.608. The maximum absolute atomic E-state index is 4.23. The zero-order chi connectivity index (χ0) is 12.1. The van der Waals surface area contributed by atoms with Crippen LogP contribution in [-0.4, -0.2) is 36.3 Å². The van der Waals surface area contributed by atoms with Gasteiger partial charge in [-0.15, -0.1) is 5.10 Å². The average molecular weight is 235 g/mol. The van der Waals surface area contributed by atoms with Crippen molar-refractivity contribution in [2.45, 2.75) is 26.4 Å². The van der Waals surface area contributed by atoms with Crippen molar-refractivity contribution in [3.63, 3.8) is 0 Å². The highest BCUT2D eigenvalue weighted by Crippen LogP contribution is 1.99. The molecule has 0 atom stereocenters. The SMILES string of the molecule is CCCNCc1ncnn1Cc1cn(C)nn1. The van der Waals surface area contributed by atoms with Gasteiger partial charge in [-0.1, -0.05) is 12.1 Å². The Labute approximate surface area is 99.9 Å². The molecule has 0 saturated heterocycles. The maximum atomic E-state index is 4.23. The van der Waals surface area contributed by atoms with E-state index in [1.807, 2.05) is 17.9 Å². The molecule has 0 aromatic carbocycles. The second kappa shape index (κ2) is 5.53. The summed E-state index contributed by atoms with van der Waals surface area (Å²) >= 11 is 0.